The van der Waals surface area contributed by atoms with Gasteiger partial charge in [-0.2, -0.15) is 0 Å². The number of hydrogen-bond acceptors (Lipinski definition) is 2. The fourth-order valence-corrected chi connectivity index (χ4v) is 1.87. The van der Waals surface area contributed by atoms with E-state index >= 15 is 0 Å². The lowest BCUT2D eigenvalue weighted by atomic mass is 10.1. The number of benzene rings is 2. The molecule has 0 aromatic heterocycles. The third-order valence-corrected chi connectivity index (χ3v) is 2.75. The van der Waals surface area contributed by atoms with Crippen LogP contribution < -0.4 is 10.6 Å². The van der Waals surface area contributed by atoms with Crippen LogP contribution in [0.3, 0.4) is 0 Å². The van der Waals surface area contributed by atoms with Crippen molar-refractivity contribution in [1.82, 2.24) is 5.32 Å². The minimum absolute atomic E-state index is 0.0288. The second kappa shape index (κ2) is 6.71. The Hall–Kier alpha value is -2.13. The normalized spacial score (nSPS) is 10.2. The fourth-order valence-electron chi connectivity index (χ4n) is 1.87. The van der Waals surface area contributed by atoms with Crippen LogP contribution in [-0.2, 0) is 11.3 Å². The van der Waals surface area contributed by atoms with Gasteiger partial charge in [-0.1, -0.05) is 48.0 Å². The zero-order valence-corrected chi connectivity index (χ0v) is 11.0. The second-order valence-electron chi connectivity index (χ2n) is 4.51. The molecule has 2 aromatic carbocycles. The molecule has 0 fully saturated rings. The molecule has 0 aliphatic carbocycles. The molecule has 2 N–H and O–H groups in total. The molecule has 0 bridgehead atoms. The number of aryl methyl sites for hydroxylation is 1. The Bertz CT molecular complexity index is 537. The van der Waals surface area contributed by atoms with Gasteiger partial charge in [0.25, 0.3) is 0 Å². The lowest BCUT2D eigenvalue weighted by molar-refractivity contribution is -0.115. The van der Waals surface area contributed by atoms with Gasteiger partial charge in [-0.25, -0.2) is 0 Å². The molecule has 19 heavy (non-hydrogen) atoms. The van der Waals surface area contributed by atoms with Gasteiger partial charge >= 0.3 is 0 Å². The Morgan fingerprint density at radius 1 is 1.05 bits per heavy atom. The molecule has 0 radical (unpaired) electrons. The minimum Gasteiger partial charge on any atom is -0.325 e. The van der Waals surface area contributed by atoms with Crippen molar-refractivity contribution in [2.75, 3.05) is 11.9 Å². The zero-order valence-electron chi connectivity index (χ0n) is 11.0. The van der Waals surface area contributed by atoms with Crippen LogP contribution >= 0.6 is 0 Å². The summed E-state index contributed by atoms with van der Waals surface area (Å²) in [5.41, 5.74) is 3.24. The number of nitrogens with one attached hydrogen (secondary N) is 2. The number of carbonyl (C=O) groups excluding carboxylic acids is 1. The van der Waals surface area contributed by atoms with Gasteiger partial charge < -0.3 is 10.6 Å². The molecule has 3 heteroatoms. The van der Waals surface area contributed by atoms with E-state index in [0.29, 0.717) is 13.1 Å². The number of hydrogen-bond donors (Lipinski definition) is 2. The Labute approximate surface area is 113 Å². The van der Waals surface area contributed by atoms with Gasteiger partial charge in [0.1, 0.15) is 0 Å². The Morgan fingerprint density at radius 3 is 2.58 bits per heavy atom. The smallest absolute Gasteiger partial charge is 0.238 e. The van der Waals surface area contributed by atoms with Gasteiger partial charge in [-0.3, -0.25) is 4.79 Å². The minimum atomic E-state index is -0.0288. The summed E-state index contributed by atoms with van der Waals surface area (Å²) in [5, 5.41) is 5.98. The van der Waals surface area contributed by atoms with Crippen LogP contribution in [0.15, 0.2) is 54.6 Å². The van der Waals surface area contributed by atoms with Crippen molar-refractivity contribution in [2.24, 2.45) is 0 Å². The first-order chi connectivity index (χ1) is 9.24. The van der Waals surface area contributed by atoms with E-state index < -0.39 is 0 Å². The summed E-state index contributed by atoms with van der Waals surface area (Å²) >= 11 is 0. The van der Waals surface area contributed by atoms with E-state index in [0.717, 1.165) is 5.69 Å². The summed E-state index contributed by atoms with van der Waals surface area (Å²) in [6.45, 7) is 3.07. The molecule has 0 aliphatic heterocycles. The number of para-hydroxylation sites is 1. The summed E-state index contributed by atoms with van der Waals surface area (Å²) < 4.78 is 0. The summed E-state index contributed by atoms with van der Waals surface area (Å²) in [7, 11) is 0. The van der Waals surface area contributed by atoms with E-state index in [1.54, 1.807) is 0 Å². The first kappa shape index (κ1) is 13.3. The highest BCUT2D eigenvalue weighted by atomic mass is 16.1. The van der Waals surface area contributed by atoms with Crippen LogP contribution in [0.2, 0.25) is 0 Å². The van der Waals surface area contributed by atoms with Crippen molar-refractivity contribution < 1.29 is 4.79 Å². The molecule has 2 rings (SSSR count). The molecule has 0 atom stereocenters. The predicted octanol–water partition coefficient (Wildman–Crippen LogP) is 2.72. The maximum atomic E-state index is 11.7. The SMILES string of the molecule is Cc1cccc(CNCC(=O)Nc2ccccc2)c1. The zero-order chi connectivity index (χ0) is 13.5. The third kappa shape index (κ3) is 4.56. The van der Waals surface area contributed by atoms with Crippen LogP contribution in [0.25, 0.3) is 0 Å². The highest BCUT2D eigenvalue weighted by Crippen LogP contribution is 2.05. The Kier molecular flexibility index (Phi) is 4.70. The lowest BCUT2D eigenvalue weighted by Gasteiger charge is -2.07. The number of carbonyl (C=O) groups is 1. The maximum Gasteiger partial charge on any atom is 0.238 e. The maximum absolute atomic E-state index is 11.7. The van der Waals surface area contributed by atoms with Gasteiger partial charge in [0, 0.05) is 12.2 Å². The van der Waals surface area contributed by atoms with Crippen molar-refractivity contribution in [3.05, 3.63) is 65.7 Å². The average Bonchev–Trinajstić information content (AvgIpc) is 2.40. The fraction of sp³-hybridized carbons (Fsp3) is 0.188. The first-order valence-electron chi connectivity index (χ1n) is 6.35. The van der Waals surface area contributed by atoms with Crippen LogP contribution in [0.1, 0.15) is 11.1 Å². The molecule has 2 aromatic rings. The van der Waals surface area contributed by atoms with Crippen molar-refractivity contribution in [3.63, 3.8) is 0 Å². The van der Waals surface area contributed by atoms with Crippen molar-refractivity contribution in [2.45, 2.75) is 13.5 Å². The van der Waals surface area contributed by atoms with Crippen molar-refractivity contribution >= 4 is 11.6 Å². The topological polar surface area (TPSA) is 41.1 Å². The third-order valence-electron chi connectivity index (χ3n) is 2.75. The molecule has 0 aliphatic rings. The Balaban J connectivity index is 1.75. The van der Waals surface area contributed by atoms with E-state index in [1.807, 2.05) is 36.4 Å². The summed E-state index contributed by atoms with van der Waals surface area (Å²) in [6, 6.07) is 17.7. The molecule has 0 unspecified atom stereocenters. The van der Waals surface area contributed by atoms with E-state index in [-0.39, 0.29) is 5.91 Å². The van der Waals surface area contributed by atoms with Gasteiger partial charge in [0.15, 0.2) is 0 Å². The van der Waals surface area contributed by atoms with E-state index in [2.05, 4.69) is 35.8 Å². The summed E-state index contributed by atoms with van der Waals surface area (Å²) in [5.74, 6) is -0.0288. The monoisotopic (exact) mass is 254 g/mol. The molecule has 0 heterocycles. The van der Waals surface area contributed by atoms with Crippen LogP contribution in [0, 0.1) is 6.92 Å². The quantitative estimate of drug-likeness (QED) is 0.861. The summed E-state index contributed by atoms with van der Waals surface area (Å²) in [6.07, 6.45) is 0. The van der Waals surface area contributed by atoms with Crippen LogP contribution in [0.4, 0.5) is 5.69 Å². The van der Waals surface area contributed by atoms with E-state index in [4.69, 9.17) is 0 Å². The average molecular weight is 254 g/mol. The highest BCUT2D eigenvalue weighted by molar-refractivity contribution is 5.92. The molecule has 3 nitrogen and oxygen atoms in total. The van der Waals surface area contributed by atoms with Crippen LogP contribution in [0.5, 0.6) is 0 Å². The molecular formula is C16H18N2O. The summed E-state index contributed by atoms with van der Waals surface area (Å²) in [4.78, 5) is 11.7. The molecule has 0 spiro atoms. The van der Waals surface area contributed by atoms with Gasteiger partial charge in [-0.15, -0.1) is 0 Å². The lowest BCUT2D eigenvalue weighted by Crippen LogP contribution is -2.27. The largest absolute Gasteiger partial charge is 0.325 e. The second-order valence-corrected chi connectivity index (χ2v) is 4.51. The van der Waals surface area contributed by atoms with Gasteiger partial charge in [-0.05, 0) is 24.6 Å². The van der Waals surface area contributed by atoms with Crippen LogP contribution in [-0.4, -0.2) is 12.5 Å². The molecule has 98 valence electrons. The van der Waals surface area contributed by atoms with E-state index in [1.165, 1.54) is 11.1 Å². The predicted molar refractivity (Wildman–Crippen MR) is 78.0 cm³/mol. The standard InChI is InChI=1S/C16H18N2O/c1-13-6-5-7-14(10-13)11-17-12-16(19)18-15-8-3-2-4-9-15/h2-10,17H,11-12H2,1H3,(H,18,19). The van der Waals surface area contributed by atoms with Gasteiger partial charge in [0.05, 0.1) is 6.54 Å². The molecule has 1 amide bonds. The first-order valence-corrected chi connectivity index (χ1v) is 6.35. The molecule has 0 saturated heterocycles. The number of rotatable bonds is 5. The van der Waals surface area contributed by atoms with Gasteiger partial charge in [0.2, 0.25) is 5.91 Å². The number of anilines is 1. The Morgan fingerprint density at radius 2 is 1.84 bits per heavy atom. The number of amides is 1. The highest BCUT2D eigenvalue weighted by Gasteiger charge is 2.01. The molecular weight excluding hydrogens is 236 g/mol. The molecule has 0 saturated carbocycles. The van der Waals surface area contributed by atoms with Crippen molar-refractivity contribution in [1.29, 1.82) is 0 Å². The van der Waals surface area contributed by atoms with Crippen molar-refractivity contribution in [3.8, 4) is 0 Å². The van der Waals surface area contributed by atoms with E-state index in [9.17, 15) is 4.79 Å².